The zero-order valence-electron chi connectivity index (χ0n) is 15.5. The Morgan fingerprint density at radius 2 is 2.00 bits per heavy atom. The van der Waals surface area contributed by atoms with Gasteiger partial charge in [0.1, 0.15) is 6.10 Å². The molecule has 2 aromatic heterocycles. The molecule has 7 nitrogen and oxygen atoms in total. The van der Waals surface area contributed by atoms with Gasteiger partial charge in [0, 0.05) is 50.0 Å². The van der Waals surface area contributed by atoms with Gasteiger partial charge in [0.15, 0.2) is 11.1 Å². The van der Waals surface area contributed by atoms with Crippen LogP contribution in [0.3, 0.4) is 0 Å². The number of guanidine groups is 1. The average Bonchev–Trinajstić information content (AvgIpc) is 3.42. The van der Waals surface area contributed by atoms with Crippen molar-refractivity contribution in [1.82, 2.24) is 14.9 Å². The third-order valence-electron chi connectivity index (χ3n) is 5.10. The molecule has 8 heteroatoms. The van der Waals surface area contributed by atoms with E-state index in [1.807, 2.05) is 29.9 Å². The van der Waals surface area contributed by atoms with E-state index in [2.05, 4.69) is 24.8 Å². The smallest absolute Gasteiger partial charge is 0.213 e. The summed E-state index contributed by atoms with van der Waals surface area (Å²) in [6, 6.07) is 3.96. The molecule has 144 valence electrons. The maximum absolute atomic E-state index is 6.20. The Balaban J connectivity index is 1.26. The summed E-state index contributed by atoms with van der Waals surface area (Å²) in [5.41, 5.74) is 7.24. The molecule has 0 amide bonds. The van der Waals surface area contributed by atoms with Crippen LogP contribution in [-0.4, -0.2) is 53.1 Å². The van der Waals surface area contributed by atoms with Crippen LogP contribution in [0.1, 0.15) is 31.2 Å². The maximum atomic E-state index is 6.20. The number of thiazole rings is 1. The highest BCUT2D eigenvalue weighted by Crippen LogP contribution is 2.23. The van der Waals surface area contributed by atoms with E-state index in [1.165, 1.54) is 12.8 Å². The topological polar surface area (TPSA) is 79.9 Å². The van der Waals surface area contributed by atoms with Crippen molar-refractivity contribution in [3.8, 4) is 5.88 Å². The molecule has 0 spiro atoms. The fraction of sp³-hybridized carbons (Fsp3) is 0.526. The SMILES string of the molecule is NC(=NCc1ccc(OC2CCCC2)nc1)N1CCN(c2nccs2)CC1. The summed E-state index contributed by atoms with van der Waals surface area (Å²) in [5, 5.41) is 3.09. The summed E-state index contributed by atoms with van der Waals surface area (Å²) in [5.74, 6) is 1.31. The zero-order valence-corrected chi connectivity index (χ0v) is 16.3. The van der Waals surface area contributed by atoms with E-state index in [-0.39, 0.29) is 0 Å². The van der Waals surface area contributed by atoms with Gasteiger partial charge in [-0.05, 0) is 31.2 Å². The Labute approximate surface area is 163 Å². The second kappa shape index (κ2) is 8.56. The van der Waals surface area contributed by atoms with Crippen LogP contribution < -0.4 is 15.4 Å². The lowest BCUT2D eigenvalue weighted by Gasteiger charge is -2.35. The molecule has 27 heavy (non-hydrogen) atoms. The van der Waals surface area contributed by atoms with E-state index in [0.29, 0.717) is 24.5 Å². The molecule has 2 fully saturated rings. The normalized spacial score (nSPS) is 18.9. The molecule has 0 atom stereocenters. The van der Waals surface area contributed by atoms with Crippen molar-refractivity contribution in [2.45, 2.75) is 38.3 Å². The summed E-state index contributed by atoms with van der Waals surface area (Å²) < 4.78 is 5.90. The molecular weight excluding hydrogens is 360 g/mol. The fourth-order valence-corrected chi connectivity index (χ4v) is 4.22. The lowest BCUT2D eigenvalue weighted by atomic mass is 10.3. The Morgan fingerprint density at radius 1 is 1.19 bits per heavy atom. The summed E-state index contributed by atoms with van der Waals surface area (Å²) in [6.07, 6.45) is 8.81. The largest absolute Gasteiger partial charge is 0.474 e. The Hall–Kier alpha value is -2.35. The third kappa shape index (κ3) is 4.68. The van der Waals surface area contributed by atoms with Crippen LogP contribution in [0.15, 0.2) is 34.9 Å². The highest BCUT2D eigenvalue weighted by atomic mass is 32.1. The number of pyridine rings is 1. The molecule has 2 aromatic rings. The summed E-state index contributed by atoms with van der Waals surface area (Å²) in [6.45, 7) is 4.09. The van der Waals surface area contributed by atoms with E-state index in [0.717, 1.165) is 49.7 Å². The molecule has 1 saturated heterocycles. The van der Waals surface area contributed by atoms with Crippen LogP contribution in [0.5, 0.6) is 5.88 Å². The van der Waals surface area contributed by atoms with Gasteiger partial charge in [-0.25, -0.2) is 15.0 Å². The molecule has 4 rings (SSSR count). The molecule has 0 aromatic carbocycles. The zero-order chi connectivity index (χ0) is 18.5. The third-order valence-corrected chi connectivity index (χ3v) is 5.94. The van der Waals surface area contributed by atoms with E-state index < -0.39 is 0 Å². The first-order chi connectivity index (χ1) is 13.3. The van der Waals surface area contributed by atoms with Crippen LogP contribution in [0.25, 0.3) is 0 Å². The molecule has 1 aliphatic carbocycles. The molecule has 1 aliphatic heterocycles. The fourth-order valence-electron chi connectivity index (χ4n) is 3.52. The van der Waals surface area contributed by atoms with E-state index in [4.69, 9.17) is 10.5 Å². The number of ether oxygens (including phenoxy) is 1. The number of rotatable bonds is 5. The molecule has 2 aliphatic rings. The minimum Gasteiger partial charge on any atom is -0.474 e. The van der Waals surface area contributed by atoms with E-state index in [9.17, 15) is 0 Å². The van der Waals surface area contributed by atoms with Gasteiger partial charge in [-0.15, -0.1) is 11.3 Å². The first kappa shape index (κ1) is 18.0. The minimum absolute atomic E-state index is 0.333. The quantitative estimate of drug-likeness (QED) is 0.628. The van der Waals surface area contributed by atoms with Crippen molar-refractivity contribution in [2.24, 2.45) is 10.7 Å². The Kier molecular flexibility index (Phi) is 5.72. The number of nitrogens with two attached hydrogens (primary N) is 1. The van der Waals surface area contributed by atoms with Crippen LogP contribution in [0.2, 0.25) is 0 Å². The number of nitrogens with zero attached hydrogens (tertiary/aromatic N) is 5. The standard InChI is InChI=1S/C19H26N6OS/c20-18(24-8-10-25(11-9-24)19-21-7-12-27-19)23-14-15-5-6-17(22-13-15)26-16-3-1-2-4-16/h5-7,12-13,16H,1-4,8-11,14H2,(H2,20,23). The lowest BCUT2D eigenvalue weighted by Crippen LogP contribution is -2.51. The second-order valence-electron chi connectivity index (χ2n) is 6.99. The second-order valence-corrected chi connectivity index (χ2v) is 7.87. The highest BCUT2D eigenvalue weighted by molar-refractivity contribution is 7.13. The first-order valence-electron chi connectivity index (χ1n) is 9.59. The number of anilines is 1. The van der Waals surface area contributed by atoms with Crippen molar-refractivity contribution in [2.75, 3.05) is 31.1 Å². The molecule has 1 saturated carbocycles. The highest BCUT2D eigenvalue weighted by Gasteiger charge is 2.20. The van der Waals surface area contributed by atoms with Gasteiger partial charge in [0.05, 0.1) is 6.54 Å². The molecule has 2 N–H and O–H groups in total. The van der Waals surface area contributed by atoms with Gasteiger partial charge in [-0.1, -0.05) is 6.07 Å². The monoisotopic (exact) mass is 386 g/mol. The molecule has 0 unspecified atom stereocenters. The van der Waals surface area contributed by atoms with Gasteiger partial charge in [-0.3, -0.25) is 0 Å². The maximum Gasteiger partial charge on any atom is 0.213 e. The van der Waals surface area contributed by atoms with Crippen molar-refractivity contribution < 1.29 is 4.74 Å². The molecule has 0 bridgehead atoms. The number of hydrogen-bond donors (Lipinski definition) is 1. The number of aromatic nitrogens is 2. The summed E-state index contributed by atoms with van der Waals surface area (Å²) in [4.78, 5) is 17.8. The Morgan fingerprint density at radius 3 is 2.67 bits per heavy atom. The molecule has 0 radical (unpaired) electrons. The predicted molar refractivity (Wildman–Crippen MR) is 108 cm³/mol. The van der Waals surface area contributed by atoms with E-state index >= 15 is 0 Å². The van der Waals surface area contributed by atoms with Crippen LogP contribution in [-0.2, 0) is 6.54 Å². The first-order valence-corrected chi connectivity index (χ1v) is 10.5. The lowest BCUT2D eigenvalue weighted by molar-refractivity contribution is 0.201. The van der Waals surface area contributed by atoms with Gasteiger partial charge in [-0.2, -0.15) is 0 Å². The average molecular weight is 387 g/mol. The van der Waals surface area contributed by atoms with Crippen LogP contribution in [0, 0.1) is 0 Å². The Bertz CT molecular complexity index is 734. The van der Waals surface area contributed by atoms with Gasteiger partial charge in [0.2, 0.25) is 5.88 Å². The van der Waals surface area contributed by atoms with Crippen molar-refractivity contribution in [3.05, 3.63) is 35.5 Å². The molecule has 3 heterocycles. The molecular formula is C19H26N6OS. The summed E-state index contributed by atoms with van der Waals surface area (Å²) >= 11 is 1.68. The number of hydrogen-bond acceptors (Lipinski definition) is 6. The summed E-state index contributed by atoms with van der Waals surface area (Å²) in [7, 11) is 0. The van der Waals surface area contributed by atoms with E-state index in [1.54, 1.807) is 11.3 Å². The predicted octanol–water partition coefficient (Wildman–Crippen LogP) is 2.50. The van der Waals surface area contributed by atoms with Crippen molar-refractivity contribution >= 4 is 22.4 Å². The van der Waals surface area contributed by atoms with Crippen LogP contribution >= 0.6 is 11.3 Å². The van der Waals surface area contributed by atoms with Crippen molar-refractivity contribution in [3.63, 3.8) is 0 Å². The van der Waals surface area contributed by atoms with Gasteiger partial charge < -0.3 is 20.3 Å². The van der Waals surface area contributed by atoms with Crippen molar-refractivity contribution in [1.29, 1.82) is 0 Å². The number of piperazine rings is 1. The number of aliphatic imine (C=N–C) groups is 1. The van der Waals surface area contributed by atoms with Gasteiger partial charge in [0.25, 0.3) is 0 Å². The van der Waals surface area contributed by atoms with Crippen LogP contribution in [0.4, 0.5) is 5.13 Å². The van der Waals surface area contributed by atoms with Gasteiger partial charge >= 0.3 is 0 Å². The minimum atomic E-state index is 0.333.